The number of ether oxygens (including phenoxy) is 1. The molecule has 1 N–H and O–H groups in total. The van der Waals surface area contributed by atoms with E-state index in [1.54, 1.807) is 27.7 Å². The summed E-state index contributed by atoms with van der Waals surface area (Å²) >= 11 is 5.85. The lowest BCUT2D eigenvalue weighted by Gasteiger charge is -2.40. The maximum absolute atomic E-state index is 15.3. The van der Waals surface area contributed by atoms with Crippen molar-refractivity contribution >= 4 is 23.4 Å². The number of Topliss-reactive ketones (excluding diaryl/α,β-unsaturated/α-hetero) is 1. The van der Waals surface area contributed by atoms with Gasteiger partial charge in [0.25, 0.3) is 0 Å². The van der Waals surface area contributed by atoms with Crippen LogP contribution in [0.3, 0.4) is 0 Å². The first-order chi connectivity index (χ1) is 14.9. The van der Waals surface area contributed by atoms with E-state index in [0.29, 0.717) is 24.3 Å². The van der Waals surface area contributed by atoms with Gasteiger partial charge in [0, 0.05) is 29.0 Å². The Labute approximate surface area is 195 Å². The molecule has 1 atom stereocenters. The monoisotopic (exact) mass is 487 g/mol. The number of carbonyl (C=O) groups is 2. The van der Waals surface area contributed by atoms with Gasteiger partial charge in [-0.1, -0.05) is 25.4 Å². The zero-order valence-electron chi connectivity index (χ0n) is 19.3. The maximum atomic E-state index is 15.3. The van der Waals surface area contributed by atoms with Crippen LogP contribution in [-0.4, -0.2) is 17.4 Å². The number of allylic oxidation sites excluding steroid dienone is 3. The third-order valence-electron chi connectivity index (χ3n) is 5.55. The van der Waals surface area contributed by atoms with Gasteiger partial charge in [-0.3, -0.25) is 4.79 Å². The quantitative estimate of drug-likeness (QED) is 0.385. The van der Waals surface area contributed by atoms with Gasteiger partial charge in [0.2, 0.25) is 0 Å². The topological polar surface area (TPSA) is 55.4 Å². The number of benzene rings is 1. The largest absolute Gasteiger partial charge is 0.457 e. The van der Waals surface area contributed by atoms with Gasteiger partial charge in [0.15, 0.2) is 5.78 Å². The Morgan fingerprint density at radius 1 is 1.18 bits per heavy atom. The van der Waals surface area contributed by atoms with Crippen molar-refractivity contribution in [2.24, 2.45) is 5.41 Å². The number of hydrogen-bond donors (Lipinski definition) is 1. The standard InChI is InChI=1S/C24H26ClF4NO3/c1-11-17(21(32)33-22(2,3)4)18(19-15(30-11)9-23(5,6)10-16(19)31)13-7-12(24(27,28)29)8-14(25)20(13)26/h7-8,18,30H,9-10H2,1-6H3. The Balaban J connectivity index is 2.31. The summed E-state index contributed by atoms with van der Waals surface area (Å²) in [6, 6.07) is 1.11. The van der Waals surface area contributed by atoms with Gasteiger partial charge in [-0.2, -0.15) is 13.2 Å². The van der Waals surface area contributed by atoms with Crippen molar-refractivity contribution in [3.63, 3.8) is 0 Å². The molecule has 0 radical (unpaired) electrons. The summed E-state index contributed by atoms with van der Waals surface area (Å²) < 4.78 is 61.4. The van der Waals surface area contributed by atoms with Gasteiger partial charge < -0.3 is 10.1 Å². The Morgan fingerprint density at radius 2 is 1.79 bits per heavy atom. The first-order valence-corrected chi connectivity index (χ1v) is 10.8. The minimum atomic E-state index is -4.81. The summed E-state index contributed by atoms with van der Waals surface area (Å²) in [4.78, 5) is 26.4. The summed E-state index contributed by atoms with van der Waals surface area (Å²) in [6.07, 6.45) is -4.31. The molecule has 1 aromatic rings. The molecular formula is C24H26ClF4NO3. The molecule has 0 fully saturated rings. The average Bonchev–Trinajstić information content (AvgIpc) is 2.59. The van der Waals surface area contributed by atoms with E-state index in [0.717, 1.165) is 0 Å². The predicted octanol–water partition coefficient (Wildman–Crippen LogP) is 6.44. The van der Waals surface area contributed by atoms with Crippen molar-refractivity contribution < 1.29 is 31.9 Å². The molecular weight excluding hydrogens is 462 g/mol. The molecule has 1 unspecified atom stereocenters. The molecule has 1 aliphatic carbocycles. The van der Waals surface area contributed by atoms with Crippen LogP contribution < -0.4 is 5.32 Å². The predicted molar refractivity (Wildman–Crippen MR) is 116 cm³/mol. The third kappa shape index (κ3) is 5.10. The Hall–Kier alpha value is -2.35. The average molecular weight is 488 g/mol. The van der Waals surface area contributed by atoms with Crippen molar-refractivity contribution in [1.82, 2.24) is 5.32 Å². The highest BCUT2D eigenvalue weighted by Gasteiger charge is 2.45. The molecule has 0 bridgehead atoms. The number of halogens is 5. The van der Waals surface area contributed by atoms with E-state index in [2.05, 4.69) is 5.32 Å². The van der Waals surface area contributed by atoms with E-state index in [-0.39, 0.29) is 29.0 Å². The van der Waals surface area contributed by atoms with Crippen LogP contribution in [0, 0.1) is 11.2 Å². The van der Waals surface area contributed by atoms with E-state index in [4.69, 9.17) is 16.3 Å². The highest BCUT2D eigenvalue weighted by molar-refractivity contribution is 6.31. The van der Waals surface area contributed by atoms with Crippen LogP contribution in [0.1, 0.15) is 71.4 Å². The normalized spacial score (nSPS) is 21.1. The number of ketones is 1. The molecule has 0 aromatic heterocycles. The fourth-order valence-corrected chi connectivity index (χ4v) is 4.56. The second kappa shape index (κ2) is 8.15. The third-order valence-corrected chi connectivity index (χ3v) is 5.83. The van der Waals surface area contributed by atoms with Crippen molar-refractivity contribution in [2.75, 3.05) is 0 Å². The number of hydrogen-bond acceptors (Lipinski definition) is 4. The molecule has 0 amide bonds. The lowest BCUT2D eigenvalue weighted by atomic mass is 9.68. The van der Waals surface area contributed by atoms with Crippen LogP contribution in [0.25, 0.3) is 0 Å². The molecule has 9 heteroatoms. The van der Waals surface area contributed by atoms with Crippen LogP contribution in [0.4, 0.5) is 17.6 Å². The first-order valence-electron chi connectivity index (χ1n) is 10.4. The fraction of sp³-hybridized carbons (Fsp3) is 0.500. The molecule has 0 spiro atoms. The second-order valence-electron chi connectivity index (χ2n) is 10.3. The van der Waals surface area contributed by atoms with Crippen molar-refractivity contribution in [3.05, 3.63) is 56.6 Å². The lowest BCUT2D eigenvalue weighted by molar-refractivity contribution is -0.150. The number of rotatable bonds is 2. The second-order valence-corrected chi connectivity index (χ2v) is 10.7. The minimum absolute atomic E-state index is 0.0649. The molecule has 33 heavy (non-hydrogen) atoms. The summed E-state index contributed by atoms with van der Waals surface area (Å²) in [5, 5.41) is 2.31. The summed E-state index contributed by atoms with van der Waals surface area (Å²) in [7, 11) is 0. The number of esters is 1. The molecule has 1 aliphatic heterocycles. The number of alkyl halides is 3. The zero-order chi connectivity index (χ0) is 25.1. The first kappa shape index (κ1) is 25.3. The highest BCUT2D eigenvalue weighted by Crippen LogP contribution is 2.49. The van der Waals surface area contributed by atoms with E-state index in [9.17, 15) is 22.8 Å². The maximum Gasteiger partial charge on any atom is 0.416 e. The Bertz CT molecular complexity index is 1090. The minimum Gasteiger partial charge on any atom is -0.457 e. The SMILES string of the molecule is CC1=C(C(=O)OC(C)(C)C)C(c2cc(C(F)(F)F)cc(Cl)c2F)C2=C(CC(C)(C)CC2=O)N1. The zero-order valence-corrected chi connectivity index (χ0v) is 20.0. The Kier molecular flexibility index (Phi) is 6.24. The van der Waals surface area contributed by atoms with Crippen molar-refractivity contribution in [3.8, 4) is 0 Å². The molecule has 1 aromatic carbocycles. The van der Waals surface area contributed by atoms with Gasteiger partial charge in [-0.15, -0.1) is 0 Å². The summed E-state index contributed by atoms with van der Waals surface area (Å²) in [5.41, 5.74) is -2.31. The number of dihydropyridines is 1. The van der Waals surface area contributed by atoms with Crippen LogP contribution in [0.2, 0.25) is 5.02 Å². The van der Waals surface area contributed by atoms with Crippen LogP contribution in [0.15, 0.2) is 34.7 Å². The number of carbonyl (C=O) groups excluding carboxylic acids is 2. The summed E-state index contributed by atoms with van der Waals surface area (Å²) in [5.74, 6) is -3.73. The molecule has 3 rings (SSSR count). The van der Waals surface area contributed by atoms with E-state index in [1.807, 2.05) is 13.8 Å². The van der Waals surface area contributed by atoms with Crippen LogP contribution in [0.5, 0.6) is 0 Å². The molecule has 180 valence electrons. The summed E-state index contributed by atoms with van der Waals surface area (Å²) in [6.45, 7) is 10.2. The molecule has 0 saturated carbocycles. The Morgan fingerprint density at radius 3 is 2.33 bits per heavy atom. The lowest BCUT2D eigenvalue weighted by Crippen LogP contribution is -2.40. The van der Waals surface area contributed by atoms with Gasteiger partial charge in [0.1, 0.15) is 11.4 Å². The van der Waals surface area contributed by atoms with E-state index >= 15 is 4.39 Å². The van der Waals surface area contributed by atoms with E-state index in [1.165, 1.54) is 0 Å². The van der Waals surface area contributed by atoms with E-state index < -0.39 is 51.0 Å². The molecule has 1 heterocycles. The molecule has 2 aliphatic rings. The van der Waals surface area contributed by atoms with Crippen LogP contribution >= 0.6 is 11.6 Å². The molecule has 4 nitrogen and oxygen atoms in total. The number of nitrogens with one attached hydrogen (secondary N) is 1. The van der Waals surface area contributed by atoms with Crippen LogP contribution in [-0.2, 0) is 20.5 Å². The van der Waals surface area contributed by atoms with Crippen molar-refractivity contribution in [1.29, 1.82) is 0 Å². The molecule has 0 saturated heterocycles. The van der Waals surface area contributed by atoms with Gasteiger partial charge in [0.05, 0.1) is 22.1 Å². The smallest absolute Gasteiger partial charge is 0.416 e. The van der Waals surface area contributed by atoms with Gasteiger partial charge in [-0.05, 0) is 51.7 Å². The fourth-order valence-electron chi connectivity index (χ4n) is 4.33. The highest BCUT2D eigenvalue weighted by atomic mass is 35.5. The van der Waals surface area contributed by atoms with Gasteiger partial charge in [-0.25, -0.2) is 9.18 Å². The van der Waals surface area contributed by atoms with Gasteiger partial charge >= 0.3 is 12.1 Å². The van der Waals surface area contributed by atoms with Crippen molar-refractivity contribution in [2.45, 2.75) is 72.1 Å².